The van der Waals surface area contributed by atoms with Gasteiger partial charge in [-0.25, -0.2) is 17.8 Å². The Hall–Kier alpha value is -2.89. The molecule has 1 aromatic carbocycles. The number of benzene rings is 1. The second-order valence-corrected chi connectivity index (χ2v) is 10.0. The number of sulfonamides is 1. The average Bonchev–Trinajstić information content (AvgIpc) is 2.65. The molecular formula is C22H23ClFN3O3S. The Morgan fingerprint density at radius 3 is 2.55 bits per heavy atom. The van der Waals surface area contributed by atoms with E-state index in [1.807, 2.05) is 26.8 Å². The Balaban J connectivity index is 2.09. The lowest BCUT2D eigenvalue weighted by Gasteiger charge is -2.18. The molecule has 164 valence electrons. The van der Waals surface area contributed by atoms with Crippen LogP contribution in [0.1, 0.15) is 43.2 Å². The molecule has 2 rings (SSSR count). The van der Waals surface area contributed by atoms with Gasteiger partial charge in [0, 0.05) is 29.3 Å². The van der Waals surface area contributed by atoms with Crippen LogP contribution in [0.2, 0.25) is 5.15 Å². The molecule has 2 N–H and O–H groups in total. The molecule has 0 saturated carbocycles. The number of halogens is 2. The number of rotatable bonds is 6. The number of aromatic nitrogens is 1. The summed E-state index contributed by atoms with van der Waals surface area (Å²) < 4.78 is 39.1. The van der Waals surface area contributed by atoms with Gasteiger partial charge in [-0.3, -0.25) is 9.52 Å². The first-order valence-electron chi connectivity index (χ1n) is 9.20. The third-order valence-corrected chi connectivity index (χ3v) is 5.00. The van der Waals surface area contributed by atoms with Gasteiger partial charge in [0.25, 0.3) is 0 Å². The number of terminal acetylenes is 1. The molecule has 1 aromatic heterocycles. The quantitative estimate of drug-likeness (QED) is 0.387. The van der Waals surface area contributed by atoms with Crippen molar-refractivity contribution in [3.63, 3.8) is 0 Å². The largest absolute Gasteiger partial charge is 0.348 e. The van der Waals surface area contributed by atoms with E-state index < -0.39 is 21.7 Å². The Morgan fingerprint density at radius 2 is 2.00 bits per heavy atom. The third-order valence-electron chi connectivity index (χ3n) is 4.12. The predicted octanol–water partition coefficient (Wildman–Crippen LogP) is 3.85. The van der Waals surface area contributed by atoms with Crippen molar-refractivity contribution >= 4 is 39.3 Å². The lowest BCUT2D eigenvalue weighted by atomic mass is 9.91. The molecule has 0 bridgehead atoms. The average molecular weight is 464 g/mol. The number of carbonyl (C=O) groups is 1. The second kappa shape index (κ2) is 9.50. The fourth-order valence-corrected chi connectivity index (χ4v) is 3.36. The van der Waals surface area contributed by atoms with Gasteiger partial charge in [0.05, 0.1) is 17.5 Å². The Bertz CT molecular complexity index is 1180. The number of hydrogen-bond acceptors (Lipinski definition) is 4. The van der Waals surface area contributed by atoms with Crippen LogP contribution in [0.15, 0.2) is 30.3 Å². The van der Waals surface area contributed by atoms with Gasteiger partial charge in [-0.05, 0) is 29.8 Å². The zero-order valence-corrected chi connectivity index (χ0v) is 19.2. The van der Waals surface area contributed by atoms with Gasteiger partial charge in [0.2, 0.25) is 15.9 Å². The van der Waals surface area contributed by atoms with Crippen molar-refractivity contribution in [2.24, 2.45) is 0 Å². The van der Waals surface area contributed by atoms with Gasteiger partial charge in [0.1, 0.15) is 11.0 Å². The summed E-state index contributed by atoms with van der Waals surface area (Å²) in [6, 6.07) is 6.15. The van der Waals surface area contributed by atoms with E-state index >= 15 is 0 Å². The molecule has 6 nitrogen and oxygen atoms in total. The zero-order chi connectivity index (χ0) is 23.4. The number of carbonyl (C=O) groups excluding carboxylic acids is 1. The van der Waals surface area contributed by atoms with Crippen LogP contribution in [0.25, 0.3) is 6.08 Å². The van der Waals surface area contributed by atoms with E-state index in [2.05, 4.69) is 20.9 Å². The number of pyridine rings is 1. The lowest BCUT2D eigenvalue weighted by molar-refractivity contribution is -0.116. The minimum Gasteiger partial charge on any atom is -0.348 e. The minimum absolute atomic E-state index is 0.0110. The molecule has 0 spiro atoms. The highest BCUT2D eigenvalue weighted by molar-refractivity contribution is 7.92. The fourth-order valence-electron chi connectivity index (χ4n) is 2.57. The summed E-state index contributed by atoms with van der Waals surface area (Å²) in [6.45, 7) is 6.05. The van der Waals surface area contributed by atoms with Crippen LogP contribution in [-0.4, -0.2) is 25.6 Å². The maximum absolute atomic E-state index is 14.3. The van der Waals surface area contributed by atoms with Gasteiger partial charge in [0.15, 0.2) is 0 Å². The fraction of sp³-hybridized carbons (Fsp3) is 0.273. The second-order valence-electron chi connectivity index (χ2n) is 7.90. The number of nitrogens with one attached hydrogen (secondary N) is 2. The minimum atomic E-state index is -3.70. The molecule has 0 aliphatic carbocycles. The zero-order valence-electron chi connectivity index (χ0n) is 17.6. The van der Waals surface area contributed by atoms with E-state index in [0.29, 0.717) is 11.1 Å². The Kier molecular flexibility index (Phi) is 7.47. The summed E-state index contributed by atoms with van der Waals surface area (Å²) in [5.41, 5.74) is 1.37. The SMILES string of the molecule is C#Cc1cc(CNC(=O)/C=C/c2ccc(C(C)(C)C)nc2Cl)cc(F)c1NS(C)(=O)=O. The number of hydrogen-bond donors (Lipinski definition) is 2. The third kappa shape index (κ3) is 7.09. The number of nitrogens with zero attached hydrogens (tertiary/aromatic N) is 1. The van der Waals surface area contributed by atoms with Gasteiger partial charge < -0.3 is 5.32 Å². The van der Waals surface area contributed by atoms with Crippen molar-refractivity contribution in [2.75, 3.05) is 11.0 Å². The van der Waals surface area contributed by atoms with Gasteiger partial charge in [-0.1, -0.05) is 44.4 Å². The smallest absolute Gasteiger partial charge is 0.244 e. The lowest BCUT2D eigenvalue weighted by Crippen LogP contribution is -2.21. The van der Waals surface area contributed by atoms with Crippen molar-refractivity contribution < 1.29 is 17.6 Å². The molecule has 0 radical (unpaired) electrons. The molecule has 1 amide bonds. The maximum Gasteiger partial charge on any atom is 0.244 e. The van der Waals surface area contributed by atoms with E-state index in [4.69, 9.17) is 18.0 Å². The molecule has 0 fully saturated rings. The summed E-state index contributed by atoms with van der Waals surface area (Å²) in [7, 11) is -3.70. The van der Waals surface area contributed by atoms with Crippen molar-refractivity contribution in [3.05, 3.63) is 63.7 Å². The highest BCUT2D eigenvalue weighted by atomic mass is 35.5. The summed E-state index contributed by atoms with van der Waals surface area (Å²) in [5, 5.41) is 2.89. The van der Waals surface area contributed by atoms with Crippen LogP contribution in [0.3, 0.4) is 0 Å². The molecule has 0 saturated heterocycles. The van der Waals surface area contributed by atoms with Crippen molar-refractivity contribution in [1.29, 1.82) is 0 Å². The van der Waals surface area contributed by atoms with Crippen LogP contribution in [0.4, 0.5) is 10.1 Å². The Labute approximate surface area is 187 Å². The van der Waals surface area contributed by atoms with Crippen molar-refractivity contribution in [2.45, 2.75) is 32.7 Å². The molecule has 0 atom stereocenters. The van der Waals surface area contributed by atoms with Crippen molar-refractivity contribution in [3.8, 4) is 12.3 Å². The normalized spacial score (nSPS) is 11.9. The molecule has 2 aromatic rings. The number of anilines is 1. The highest BCUT2D eigenvalue weighted by Crippen LogP contribution is 2.25. The first-order valence-corrected chi connectivity index (χ1v) is 11.5. The van der Waals surface area contributed by atoms with E-state index in [1.165, 1.54) is 18.2 Å². The predicted molar refractivity (Wildman–Crippen MR) is 122 cm³/mol. The molecule has 1 heterocycles. The van der Waals surface area contributed by atoms with Crippen LogP contribution in [0.5, 0.6) is 0 Å². The summed E-state index contributed by atoms with van der Waals surface area (Å²) >= 11 is 6.20. The Morgan fingerprint density at radius 1 is 1.32 bits per heavy atom. The summed E-state index contributed by atoms with van der Waals surface area (Å²) in [4.78, 5) is 16.5. The first kappa shape index (κ1) is 24.4. The molecule has 0 aliphatic heterocycles. The van der Waals surface area contributed by atoms with Crippen LogP contribution in [0, 0.1) is 18.2 Å². The molecular weight excluding hydrogens is 441 g/mol. The maximum atomic E-state index is 14.3. The molecule has 0 unspecified atom stereocenters. The van der Waals surface area contributed by atoms with Gasteiger partial charge in [-0.15, -0.1) is 6.42 Å². The van der Waals surface area contributed by atoms with E-state index in [9.17, 15) is 17.6 Å². The van der Waals surface area contributed by atoms with Crippen LogP contribution in [-0.2, 0) is 26.8 Å². The van der Waals surface area contributed by atoms with Gasteiger partial charge >= 0.3 is 0 Å². The van der Waals surface area contributed by atoms with E-state index in [0.717, 1.165) is 18.0 Å². The topological polar surface area (TPSA) is 88.2 Å². The first-order chi connectivity index (χ1) is 14.3. The van der Waals surface area contributed by atoms with Crippen LogP contribution >= 0.6 is 11.6 Å². The monoisotopic (exact) mass is 463 g/mol. The standard InChI is InChI=1S/C22H23ClFN3O3S/c1-6-15-11-14(12-17(24)20(15)27-31(5,29)30)13-25-19(28)10-8-16-7-9-18(22(2,3)4)26-21(16)23/h1,7-12,27H,13H2,2-5H3,(H,25,28)/b10-8+. The summed E-state index contributed by atoms with van der Waals surface area (Å²) in [5.74, 6) is 0.971. The van der Waals surface area contributed by atoms with Crippen LogP contribution < -0.4 is 10.0 Å². The van der Waals surface area contributed by atoms with E-state index in [1.54, 1.807) is 6.07 Å². The van der Waals surface area contributed by atoms with E-state index in [-0.39, 0.29) is 28.4 Å². The molecule has 31 heavy (non-hydrogen) atoms. The highest BCUT2D eigenvalue weighted by Gasteiger charge is 2.16. The van der Waals surface area contributed by atoms with Crippen molar-refractivity contribution in [1.82, 2.24) is 10.3 Å². The molecule has 0 aliphatic rings. The van der Waals surface area contributed by atoms with Gasteiger partial charge in [-0.2, -0.15) is 0 Å². The molecule has 9 heteroatoms. The number of amides is 1. The summed E-state index contributed by atoms with van der Waals surface area (Å²) in [6.07, 6.45) is 9.07.